The van der Waals surface area contributed by atoms with Gasteiger partial charge in [-0.3, -0.25) is 4.79 Å². The van der Waals surface area contributed by atoms with E-state index in [-0.39, 0.29) is 11.9 Å². The van der Waals surface area contributed by atoms with E-state index in [2.05, 4.69) is 21.2 Å². The summed E-state index contributed by atoms with van der Waals surface area (Å²) in [6, 6.07) is 13.3. The van der Waals surface area contributed by atoms with Crippen LogP contribution in [0.15, 0.2) is 53.0 Å². The quantitative estimate of drug-likeness (QED) is 0.746. The van der Waals surface area contributed by atoms with Crippen LogP contribution in [0.5, 0.6) is 11.5 Å². The molecule has 2 aromatic carbocycles. The second kappa shape index (κ2) is 8.55. The molecule has 0 heterocycles. The van der Waals surface area contributed by atoms with Crippen LogP contribution in [0.25, 0.3) is 6.08 Å². The Kier molecular flexibility index (Phi) is 6.44. The summed E-state index contributed by atoms with van der Waals surface area (Å²) in [6.45, 7) is 1.95. The number of nitrogens with one attached hydrogen (secondary N) is 1. The van der Waals surface area contributed by atoms with E-state index in [1.165, 1.54) is 6.08 Å². The van der Waals surface area contributed by atoms with E-state index in [9.17, 15) is 4.79 Å². The lowest BCUT2D eigenvalue weighted by Gasteiger charge is -2.13. The van der Waals surface area contributed by atoms with Gasteiger partial charge in [-0.1, -0.05) is 40.2 Å². The van der Waals surface area contributed by atoms with Gasteiger partial charge in [-0.25, -0.2) is 0 Å². The number of halogens is 1. The summed E-state index contributed by atoms with van der Waals surface area (Å²) in [4.78, 5) is 12.1. The summed E-state index contributed by atoms with van der Waals surface area (Å²) >= 11 is 3.40. The Labute approximate surface area is 150 Å². The van der Waals surface area contributed by atoms with Gasteiger partial charge < -0.3 is 14.8 Å². The van der Waals surface area contributed by atoms with Crippen LogP contribution in [0.1, 0.15) is 24.1 Å². The third kappa shape index (κ3) is 4.61. The van der Waals surface area contributed by atoms with Crippen LogP contribution >= 0.6 is 15.9 Å². The minimum absolute atomic E-state index is 0.0811. The number of rotatable bonds is 6. The number of hydrogen-bond donors (Lipinski definition) is 1. The summed E-state index contributed by atoms with van der Waals surface area (Å²) in [6.07, 6.45) is 3.21. The van der Waals surface area contributed by atoms with Crippen LogP contribution < -0.4 is 14.8 Å². The molecule has 1 N–H and O–H groups in total. The van der Waals surface area contributed by atoms with Crippen molar-refractivity contribution >= 4 is 27.9 Å². The van der Waals surface area contributed by atoms with E-state index in [1.54, 1.807) is 20.3 Å². The lowest BCUT2D eigenvalue weighted by atomic mass is 10.1. The van der Waals surface area contributed by atoms with Crippen LogP contribution in [0.4, 0.5) is 0 Å². The van der Waals surface area contributed by atoms with Crippen molar-refractivity contribution in [2.24, 2.45) is 0 Å². The van der Waals surface area contributed by atoms with Gasteiger partial charge in [0.25, 0.3) is 0 Å². The summed E-state index contributed by atoms with van der Waals surface area (Å²) in [5.41, 5.74) is 1.82. The van der Waals surface area contributed by atoms with Crippen LogP contribution in [-0.4, -0.2) is 20.1 Å². The molecule has 2 aromatic rings. The smallest absolute Gasteiger partial charge is 0.244 e. The maximum absolute atomic E-state index is 12.1. The fraction of sp³-hybridized carbons (Fsp3) is 0.211. The molecular formula is C19H20BrNO3. The van der Waals surface area contributed by atoms with Gasteiger partial charge in [0.1, 0.15) is 0 Å². The molecule has 0 unspecified atom stereocenters. The van der Waals surface area contributed by atoms with Gasteiger partial charge in [0.2, 0.25) is 5.91 Å². The zero-order chi connectivity index (χ0) is 17.5. The van der Waals surface area contributed by atoms with Crippen molar-refractivity contribution in [3.63, 3.8) is 0 Å². The van der Waals surface area contributed by atoms with E-state index in [0.717, 1.165) is 15.6 Å². The molecule has 24 heavy (non-hydrogen) atoms. The summed E-state index contributed by atoms with van der Waals surface area (Å²) in [5, 5.41) is 2.94. The number of methoxy groups -OCH3 is 2. The first-order valence-electron chi connectivity index (χ1n) is 7.50. The highest BCUT2D eigenvalue weighted by Gasteiger charge is 2.09. The van der Waals surface area contributed by atoms with Crippen molar-refractivity contribution in [2.75, 3.05) is 14.2 Å². The molecule has 0 spiro atoms. The van der Waals surface area contributed by atoms with E-state index < -0.39 is 0 Å². The third-order valence-corrected chi connectivity index (χ3v) is 4.11. The number of carbonyl (C=O) groups excluding carboxylic acids is 1. The molecule has 0 saturated carbocycles. The van der Waals surface area contributed by atoms with Crippen molar-refractivity contribution in [2.45, 2.75) is 13.0 Å². The van der Waals surface area contributed by atoms with Crippen molar-refractivity contribution in [3.8, 4) is 11.5 Å². The fourth-order valence-corrected chi connectivity index (χ4v) is 2.57. The van der Waals surface area contributed by atoms with E-state index >= 15 is 0 Å². The predicted octanol–water partition coefficient (Wildman–Crippen LogP) is 4.36. The molecule has 4 nitrogen and oxygen atoms in total. The number of ether oxygens (including phenoxy) is 2. The normalized spacial score (nSPS) is 12.0. The molecule has 0 bridgehead atoms. The van der Waals surface area contributed by atoms with Crippen LogP contribution in [0.2, 0.25) is 0 Å². The van der Waals surface area contributed by atoms with E-state index in [4.69, 9.17) is 9.47 Å². The zero-order valence-corrected chi connectivity index (χ0v) is 15.5. The van der Waals surface area contributed by atoms with Crippen molar-refractivity contribution in [1.82, 2.24) is 5.32 Å². The number of benzene rings is 2. The predicted molar refractivity (Wildman–Crippen MR) is 99.3 cm³/mol. The Bertz CT molecular complexity index is 726. The highest BCUT2D eigenvalue weighted by atomic mass is 79.9. The van der Waals surface area contributed by atoms with Crippen LogP contribution in [-0.2, 0) is 4.79 Å². The number of hydrogen-bond acceptors (Lipinski definition) is 3. The molecular weight excluding hydrogens is 370 g/mol. The fourth-order valence-electron chi connectivity index (χ4n) is 2.30. The molecule has 0 fully saturated rings. The molecule has 0 aromatic heterocycles. The maximum atomic E-state index is 12.1. The standard InChI is InChI=1S/C19H20BrNO3/c1-13(14-7-10-16(20)11-8-14)21-18(22)12-9-15-5-4-6-17(23-2)19(15)24-3/h4-13H,1-3H3,(H,21,22)/b12-9+/t13-/m1/s1. The number of amides is 1. The maximum Gasteiger partial charge on any atom is 0.244 e. The van der Waals surface area contributed by atoms with Gasteiger partial charge in [0.15, 0.2) is 11.5 Å². The topological polar surface area (TPSA) is 47.6 Å². The number of para-hydroxylation sites is 1. The van der Waals surface area contributed by atoms with Gasteiger partial charge >= 0.3 is 0 Å². The molecule has 0 aliphatic heterocycles. The van der Waals surface area contributed by atoms with Crippen LogP contribution in [0, 0.1) is 0 Å². The Morgan fingerprint density at radius 1 is 1.12 bits per heavy atom. The molecule has 5 heteroatoms. The van der Waals surface area contributed by atoms with E-state index in [0.29, 0.717) is 11.5 Å². The molecule has 1 amide bonds. The molecule has 0 saturated heterocycles. The minimum atomic E-state index is -0.171. The first-order chi connectivity index (χ1) is 11.5. The average molecular weight is 390 g/mol. The second-order valence-corrected chi connectivity index (χ2v) is 6.11. The van der Waals surface area contributed by atoms with Crippen molar-refractivity contribution < 1.29 is 14.3 Å². The lowest BCUT2D eigenvalue weighted by molar-refractivity contribution is -0.117. The molecule has 1 atom stereocenters. The minimum Gasteiger partial charge on any atom is -0.493 e. The molecule has 126 valence electrons. The molecule has 0 radical (unpaired) electrons. The highest BCUT2D eigenvalue weighted by Crippen LogP contribution is 2.31. The Balaban J connectivity index is 2.06. The lowest BCUT2D eigenvalue weighted by Crippen LogP contribution is -2.24. The highest BCUT2D eigenvalue weighted by molar-refractivity contribution is 9.10. The van der Waals surface area contributed by atoms with Gasteiger partial charge in [-0.2, -0.15) is 0 Å². The molecule has 0 aliphatic rings. The SMILES string of the molecule is COc1cccc(/C=C/C(=O)N[C@H](C)c2ccc(Br)cc2)c1OC. The van der Waals surface area contributed by atoms with Gasteiger partial charge in [0, 0.05) is 16.1 Å². The van der Waals surface area contributed by atoms with Crippen LogP contribution in [0.3, 0.4) is 0 Å². The van der Waals surface area contributed by atoms with Crippen molar-refractivity contribution in [3.05, 3.63) is 64.1 Å². The second-order valence-electron chi connectivity index (χ2n) is 5.20. The van der Waals surface area contributed by atoms with Gasteiger partial charge in [-0.05, 0) is 36.8 Å². The largest absolute Gasteiger partial charge is 0.493 e. The number of carbonyl (C=O) groups is 1. The monoisotopic (exact) mass is 389 g/mol. The third-order valence-electron chi connectivity index (χ3n) is 3.58. The Morgan fingerprint density at radius 3 is 2.46 bits per heavy atom. The molecule has 2 rings (SSSR count). The van der Waals surface area contributed by atoms with E-state index in [1.807, 2.05) is 49.4 Å². The Hall–Kier alpha value is -2.27. The first-order valence-corrected chi connectivity index (χ1v) is 8.29. The van der Waals surface area contributed by atoms with Gasteiger partial charge in [-0.15, -0.1) is 0 Å². The summed E-state index contributed by atoms with van der Waals surface area (Å²) in [5.74, 6) is 1.06. The Morgan fingerprint density at radius 2 is 1.83 bits per heavy atom. The average Bonchev–Trinajstić information content (AvgIpc) is 2.59. The molecule has 0 aliphatic carbocycles. The summed E-state index contributed by atoms with van der Waals surface area (Å²) < 4.78 is 11.6. The van der Waals surface area contributed by atoms with Gasteiger partial charge in [0.05, 0.1) is 20.3 Å². The van der Waals surface area contributed by atoms with Crippen molar-refractivity contribution in [1.29, 1.82) is 0 Å². The first kappa shape index (κ1) is 18.1. The summed E-state index contributed by atoms with van der Waals surface area (Å²) in [7, 11) is 3.16. The zero-order valence-electron chi connectivity index (χ0n) is 13.9.